The Morgan fingerprint density at radius 3 is 2.71 bits per heavy atom. The normalized spacial score (nSPS) is 10.3. The molecule has 1 aromatic carbocycles. The molecule has 0 spiro atoms. The van der Waals surface area contributed by atoms with Crippen LogP contribution in [0.2, 0.25) is 5.02 Å². The molecule has 24 heavy (non-hydrogen) atoms. The second kappa shape index (κ2) is 7.64. The van der Waals surface area contributed by atoms with Gasteiger partial charge in [-0.05, 0) is 13.0 Å². The number of methoxy groups -OCH3 is 1. The number of halogens is 1. The van der Waals surface area contributed by atoms with Gasteiger partial charge in [0.2, 0.25) is 0 Å². The number of aromatic nitrogens is 3. The van der Waals surface area contributed by atoms with E-state index in [0.29, 0.717) is 0 Å². The molecular weight excluding hydrogens is 342 g/mol. The molecule has 1 heterocycles. The lowest BCUT2D eigenvalue weighted by Crippen LogP contribution is -2.11. The fraction of sp³-hybridized carbons (Fsp3) is 0.286. The molecular formula is C14H14ClN3O6. The van der Waals surface area contributed by atoms with E-state index in [0.717, 1.165) is 0 Å². The zero-order chi connectivity index (χ0) is 17.7. The number of carbonyl (C=O) groups excluding carboxylic acids is 1. The Morgan fingerprint density at radius 1 is 1.33 bits per heavy atom. The Kier molecular flexibility index (Phi) is 5.59. The van der Waals surface area contributed by atoms with Crippen molar-refractivity contribution in [3.63, 3.8) is 0 Å². The largest absolute Gasteiger partial charge is 0.493 e. The average molecular weight is 356 g/mol. The van der Waals surface area contributed by atoms with Gasteiger partial charge < -0.3 is 19.3 Å². The van der Waals surface area contributed by atoms with Gasteiger partial charge in [0.05, 0.1) is 19.3 Å². The van der Waals surface area contributed by atoms with E-state index in [-0.39, 0.29) is 40.1 Å². The second-order valence-electron chi connectivity index (χ2n) is 4.41. The number of carbonyl (C=O) groups is 2. The monoisotopic (exact) mass is 355 g/mol. The number of carboxylic acid groups (broad SMARTS) is 1. The third-order valence-electron chi connectivity index (χ3n) is 2.85. The first-order chi connectivity index (χ1) is 11.5. The molecule has 2 N–H and O–H groups in total. The molecule has 0 aliphatic carbocycles. The van der Waals surface area contributed by atoms with Crippen LogP contribution in [0.3, 0.4) is 0 Å². The van der Waals surface area contributed by atoms with E-state index in [1.165, 1.54) is 19.2 Å². The highest BCUT2D eigenvalue weighted by atomic mass is 35.5. The predicted molar refractivity (Wildman–Crippen MR) is 82.5 cm³/mol. The maximum Gasteiger partial charge on any atom is 0.361 e. The van der Waals surface area contributed by atoms with Crippen molar-refractivity contribution in [2.75, 3.05) is 20.3 Å². The Hall–Kier alpha value is -2.81. The number of nitrogens with zero attached hydrogens (tertiary/aromatic N) is 2. The third-order valence-corrected chi connectivity index (χ3v) is 3.07. The number of nitrogens with one attached hydrogen (secondary N) is 1. The van der Waals surface area contributed by atoms with E-state index in [2.05, 4.69) is 15.4 Å². The third kappa shape index (κ3) is 3.74. The summed E-state index contributed by atoms with van der Waals surface area (Å²) in [5.41, 5.74) is 0.272. The van der Waals surface area contributed by atoms with Gasteiger partial charge in [0, 0.05) is 11.1 Å². The van der Waals surface area contributed by atoms with E-state index < -0.39 is 18.5 Å². The van der Waals surface area contributed by atoms with Gasteiger partial charge >= 0.3 is 11.9 Å². The molecule has 0 fully saturated rings. The lowest BCUT2D eigenvalue weighted by molar-refractivity contribution is -0.139. The van der Waals surface area contributed by atoms with Gasteiger partial charge in [0.15, 0.2) is 23.8 Å². The molecule has 0 amide bonds. The number of carboxylic acids is 1. The molecule has 0 saturated heterocycles. The topological polar surface area (TPSA) is 124 Å². The van der Waals surface area contributed by atoms with Crippen LogP contribution in [-0.2, 0) is 9.53 Å². The van der Waals surface area contributed by atoms with Crippen LogP contribution in [0.1, 0.15) is 17.4 Å². The van der Waals surface area contributed by atoms with E-state index in [4.69, 9.17) is 30.9 Å². The van der Waals surface area contributed by atoms with Gasteiger partial charge in [-0.2, -0.15) is 10.3 Å². The van der Waals surface area contributed by atoms with Crippen LogP contribution < -0.4 is 9.47 Å². The number of aliphatic carboxylic acids is 1. The zero-order valence-electron chi connectivity index (χ0n) is 12.8. The summed E-state index contributed by atoms with van der Waals surface area (Å²) in [6.45, 7) is 1.20. The van der Waals surface area contributed by atoms with Crippen molar-refractivity contribution in [2.45, 2.75) is 6.92 Å². The molecule has 128 valence electrons. The van der Waals surface area contributed by atoms with Crippen LogP contribution in [0.4, 0.5) is 0 Å². The highest BCUT2D eigenvalue weighted by Crippen LogP contribution is 2.41. The standard InChI is InChI=1S/C14H14ClN3O6/c1-3-23-14(21)12-11(16-18-17-12)8-4-7(15)5-9(22-2)13(8)24-6-10(19)20/h4-5H,3,6H2,1-2H3,(H,19,20)(H,16,17,18). The summed E-state index contributed by atoms with van der Waals surface area (Å²) in [6.07, 6.45) is 0. The van der Waals surface area contributed by atoms with Crippen LogP contribution in [0.25, 0.3) is 11.3 Å². The minimum absolute atomic E-state index is 0.0729. The van der Waals surface area contributed by atoms with Gasteiger partial charge in [-0.3, -0.25) is 0 Å². The first-order valence-corrected chi connectivity index (χ1v) is 7.16. The van der Waals surface area contributed by atoms with E-state index >= 15 is 0 Å². The fourth-order valence-corrected chi connectivity index (χ4v) is 2.15. The summed E-state index contributed by atoms with van der Waals surface area (Å²) in [5.74, 6) is -1.60. The van der Waals surface area contributed by atoms with Crippen molar-refractivity contribution in [2.24, 2.45) is 0 Å². The maximum absolute atomic E-state index is 12.0. The number of hydrogen-bond donors (Lipinski definition) is 2. The van der Waals surface area contributed by atoms with Crippen molar-refractivity contribution >= 4 is 23.5 Å². The number of hydrogen-bond acceptors (Lipinski definition) is 7. The van der Waals surface area contributed by atoms with Gasteiger partial charge in [-0.15, -0.1) is 5.10 Å². The molecule has 10 heteroatoms. The number of benzene rings is 1. The first kappa shape index (κ1) is 17.5. The van der Waals surface area contributed by atoms with Gasteiger partial charge in [-0.1, -0.05) is 11.6 Å². The summed E-state index contributed by atoms with van der Waals surface area (Å²) in [5, 5.41) is 19.1. The van der Waals surface area contributed by atoms with Crippen LogP contribution in [-0.4, -0.2) is 52.8 Å². The van der Waals surface area contributed by atoms with Crippen molar-refractivity contribution in [1.29, 1.82) is 0 Å². The van der Waals surface area contributed by atoms with Gasteiger partial charge in [-0.25, -0.2) is 9.59 Å². The van der Waals surface area contributed by atoms with Crippen LogP contribution >= 0.6 is 11.6 Å². The summed E-state index contributed by atoms with van der Waals surface area (Å²) >= 11 is 6.05. The number of aromatic amines is 1. The number of ether oxygens (including phenoxy) is 3. The smallest absolute Gasteiger partial charge is 0.361 e. The molecule has 0 atom stereocenters. The fourth-order valence-electron chi connectivity index (χ4n) is 1.94. The zero-order valence-corrected chi connectivity index (χ0v) is 13.6. The molecule has 0 aliphatic heterocycles. The lowest BCUT2D eigenvalue weighted by Gasteiger charge is -2.14. The molecule has 0 radical (unpaired) electrons. The van der Waals surface area contributed by atoms with Crippen molar-refractivity contribution < 1.29 is 28.9 Å². The molecule has 0 aliphatic rings. The molecule has 0 bridgehead atoms. The molecule has 0 saturated carbocycles. The Bertz CT molecular complexity index is 761. The predicted octanol–water partition coefficient (Wildman–Crippen LogP) is 1.77. The highest BCUT2D eigenvalue weighted by Gasteiger charge is 2.25. The van der Waals surface area contributed by atoms with E-state index in [1.807, 2.05) is 0 Å². The highest BCUT2D eigenvalue weighted by molar-refractivity contribution is 6.31. The van der Waals surface area contributed by atoms with Crippen molar-refractivity contribution in [3.8, 4) is 22.8 Å². The van der Waals surface area contributed by atoms with Crippen LogP contribution in [0, 0.1) is 0 Å². The minimum Gasteiger partial charge on any atom is -0.493 e. The summed E-state index contributed by atoms with van der Waals surface area (Å²) in [6, 6.07) is 2.91. The van der Waals surface area contributed by atoms with Crippen LogP contribution in [0.15, 0.2) is 12.1 Å². The van der Waals surface area contributed by atoms with Crippen molar-refractivity contribution in [1.82, 2.24) is 15.4 Å². The minimum atomic E-state index is -1.18. The number of H-pyrrole nitrogens is 1. The molecule has 0 unspecified atom stereocenters. The van der Waals surface area contributed by atoms with E-state index in [9.17, 15) is 9.59 Å². The molecule has 2 aromatic rings. The summed E-state index contributed by atoms with van der Waals surface area (Å²) in [4.78, 5) is 22.8. The first-order valence-electron chi connectivity index (χ1n) is 6.78. The Morgan fingerprint density at radius 2 is 2.08 bits per heavy atom. The average Bonchev–Trinajstić information content (AvgIpc) is 3.02. The molecule has 9 nitrogen and oxygen atoms in total. The second-order valence-corrected chi connectivity index (χ2v) is 4.84. The Balaban J connectivity index is 2.57. The lowest BCUT2D eigenvalue weighted by atomic mass is 10.1. The number of rotatable bonds is 7. The Labute approximate surface area is 141 Å². The molecule has 1 aromatic heterocycles. The van der Waals surface area contributed by atoms with Gasteiger partial charge in [0.1, 0.15) is 5.69 Å². The van der Waals surface area contributed by atoms with Crippen molar-refractivity contribution in [3.05, 3.63) is 22.8 Å². The van der Waals surface area contributed by atoms with E-state index in [1.54, 1.807) is 6.92 Å². The molecule has 2 rings (SSSR count). The summed E-state index contributed by atoms with van der Waals surface area (Å²) < 4.78 is 15.4. The summed E-state index contributed by atoms with van der Waals surface area (Å²) in [7, 11) is 1.37. The quantitative estimate of drug-likeness (QED) is 0.720. The maximum atomic E-state index is 12.0. The van der Waals surface area contributed by atoms with Crippen LogP contribution in [0.5, 0.6) is 11.5 Å². The van der Waals surface area contributed by atoms with Gasteiger partial charge in [0.25, 0.3) is 0 Å². The number of esters is 1. The SMILES string of the molecule is CCOC(=O)c1n[nH]nc1-c1cc(Cl)cc(OC)c1OCC(=O)O.